The van der Waals surface area contributed by atoms with Crippen molar-refractivity contribution < 1.29 is 18.7 Å². The van der Waals surface area contributed by atoms with Gasteiger partial charge in [0.15, 0.2) is 5.75 Å². The van der Waals surface area contributed by atoms with E-state index in [9.17, 15) is 4.79 Å². The number of nitrogens with one attached hydrogen (secondary N) is 1. The zero-order chi connectivity index (χ0) is 20.1. The highest BCUT2D eigenvalue weighted by Gasteiger charge is 2.18. The number of carbonyl (C=O) groups excluding carboxylic acids is 1. The molecule has 1 heterocycles. The quantitative estimate of drug-likeness (QED) is 0.512. The van der Waals surface area contributed by atoms with Gasteiger partial charge >= 0.3 is 11.8 Å². The number of anilines is 1. The van der Waals surface area contributed by atoms with E-state index in [2.05, 4.69) is 15.5 Å². The van der Waals surface area contributed by atoms with Crippen LogP contribution < -0.4 is 14.8 Å². The van der Waals surface area contributed by atoms with Crippen molar-refractivity contribution in [3.05, 3.63) is 84.8 Å². The number of nitrogens with zero attached hydrogens (tertiary/aromatic N) is 2. The Hall–Kier alpha value is -4.13. The van der Waals surface area contributed by atoms with Crippen molar-refractivity contribution >= 4 is 11.6 Å². The fourth-order valence-corrected chi connectivity index (χ4v) is 2.62. The summed E-state index contributed by atoms with van der Waals surface area (Å²) in [6.07, 6.45) is 0. The molecule has 0 atom stereocenters. The fourth-order valence-electron chi connectivity index (χ4n) is 2.62. The first-order valence-corrected chi connectivity index (χ1v) is 8.84. The number of amides is 1. The Morgan fingerprint density at radius 2 is 1.59 bits per heavy atom. The molecule has 29 heavy (non-hydrogen) atoms. The fraction of sp³-hybridized carbons (Fsp3) is 0.0455. The largest absolute Gasteiger partial charge is 0.497 e. The molecule has 0 fully saturated rings. The molecule has 1 N–H and O–H groups in total. The molecule has 0 saturated carbocycles. The summed E-state index contributed by atoms with van der Waals surface area (Å²) in [4.78, 5) is 12.6. The maximum Gasteiger partial charge on any atom is 0.313 e. The minimum absolute atomic E-state index is 0.148. The van der Waals surface area contributed by atoms with Gasteiger partial charge in [0, 0.05) is 5.56 Å². The molecule has 0 bridgehead atoms. The molecule has 0 aliphatic rings. The minimum Gasteiger partial charge on any atom is -0.497 e. The van der Waals surface area contributed by atoms with E-state index < -0.39 is 5.91 Å². The van der Waals surface area contributed by atoms with Gasteiger partial charge in [0.1, 0.15) is 11.5 Å². The van der Waals surface area contributed by atoms with Gasteiger partial charge in [0.2, 0.25) is 5.89 Å². The van der Waals surface area contributed by atoms with E-state index in [0.717, 1.165) is 0 Å². The third kappa shape index (κ3) is 4.24. The van der Waals surface area contributed by atoms with Crippen LogP contribution in [-0.2, 0) is 0 Å². The molecular weight excluding hydrogens is 370 g/mol. The Morgan fingerprint density at radius 3 is 2.34 bits per heavy atom. The molecule has 4 aromatic rings. The Morgan fingerprint density at radius 1 is 0.862 bits per heavy atom. The lowest BCUT2D eigenvalue weighted by Crippen LogP contribution is -2.13. The second-order valence-electron chi connectivity index (χ2n) is 6.01. The summed E-state index contributed by atoms with van der Waals surface area (Å²) in [7, 11) is 1.59. The summed E-state index contributed by atoms with van der Waals surface area (Å²) in [6.45, 7) is 0. The highest BCUT2D eigenvalue weighted by molar-refractivity contribution is 6.01. The first kappa shape index (κ1) is 18.2. The average Bonchev–Trinajstić information content (AvgIpc) is 3.26. The first-order valence-electron chi connectivity index (χ1n) is 8.84. The molecule has 0 spiro atoms. The number of hydrogen-bond donors (Lipinski definition) is 1. The highest BCUT2D eigenvalue weighted by Crippen LogP contribution is 2.29. The number of carbonyl (C=O) groups is 1. The number of para-hydroxylation sites is 3. The van der Waals surface area contributed by atoms with Crippen LogP contribution in [0.2, 0.25) is 0 Å². The lowest BCUT2D eigenvalue weighted by atomic mass is 10.2. The second kappa shape index (κ2) is 8.26. The minimum atomic E-state index is -0.527. The molecule has 7 heteroatoms. The molecule has 0 radical (unpaired) electrons. The van der Waals surface area contributed by atoms with Crippen molar-refractivity contribution in [2.45, 2.75) is 0 Å². The molecule has 7 nitrogen and oxygen atoms in total. The van der Waals surface area contributed by atoms with Gasteiger partial charge in [0.25, 0.3) is 0 Å². The van der Waals surface area contributed by atoms with Gasteiger partial charge in [-0.3, -0.25) is 4.79 Å². The van der Waals surface area contributed by atoms with Crippen LogP contribution in [0.1, 0.15) is 10.7 Å². The van der Waals surface area contributed by atoms with Crippen molar-refractivity contribution in [1.82, 2.24) is 10.2 Å². The Balaban J connectivity index is 1.51. The molecule has 4 rings (SSSR count). The normalized spacial score (nSPS) is 10.4. The van der Waals surface area contributed by atoms with Crippen LogP contribution in [0.25, 0.3) is 11.5 Å². The van der Waals surface area contributed by atoms with Crippen LogP contribution in [0.4, 0.5) is 5.69 Å². The number of benzene rings is 3. The standard InChI is InChI=1S/C22H17N3O4/c1-27-16-13-11-15(12-14-16)21-24-25-22(29-21)20(26)23-18-9-5-6-10-19(18)28-17-7-3-2-4-8-17/h2-14H,1H3,(H,23,26). The average molecular weight is 387 g/mol. The SMILES string of the molecule is COc1ccc(-c2nnc(C(=O)Nc3ccccc3Oc3ccccc3)o2)cc1. The number of hydrogen-bond acceptors (Lipinski definition) is 6. The van der Waals surface area contributed by atoms with E-state index in [1.165, 1.54) is 0 Å². The van der Waals surface area contributed by atoms with Gasteiger partial charge in [-0.05, 0) is 48.5 Å². The summed E-state index contributed by atoms with van der Waals surface area (Å²) in [5, 5.41) is 10.5. The molecule has 0 saturated heterocycles. The zero-order valence-electron chi connectivity index (χ0n) is 15.5. The van der Waals surface area contributed by atoms with E-state index in [1.807, 2.05) is 36.4 Å². The van der Waals surface area contributed by atoms with Crippen LogP contribution >= 0.6 is 0 Å². The number of methoxy groups -OCH3 is 1. The molecule has 0 aliphatic carbocycles. The van der Waals surface area contributed by atoms with Gasteiger partial charge in [-0.15, -0.1) is 10.2 Å². The van der Waals surface area contributed by atoms with Crippen LogP contribution in [0.5, 0.6) is 17.2 Å². The number of ether oxygens (including phenoxy) is 2. The van der Waals surface area contributed by atoms with E-state index in [1.54, 1.807) is 49.6 Å². The number of aromatic nitrogens is 2. The summed E-state index contributed by atoms with van der Waals surface area (Å²) < 4.78 is 16.5. The van der Waals surface area contributed by atoms with E-state index in [0.29, 0.717) is 28.5 Å². The van der Waals surface area contributed by atoms with E-state index >= 15 is 0 Å². The van der Waals surface area contributed by atoms with Crippen molar-refractivity contribution in [3.63, 3.8) is 0 Å². The summed E-state index contributed by atoms with van der Waals surface area (Å²) in [5.74, 6) is 1.44. The Labute approximate surface area is 166 Å². The predicted molar refractivity (Wildman–Crippen MR) is 107 cm³/mol. The molecule has 1 amide bonds. The highest BCUT2D eigenvalue weighted by atomic mass is 16.5. The van der Waals surface area contributed by atoms with Crippen molar-refractivity contribution in [2.75, 3.05) is 12.4 Å². The molecule has 0 aliphatic heterocycles. The van der Waals surface area contributed by atoms with Gasteiger partial charge in [-0.2, -0.15) is 0 Å². The lowest BCUT2D eigenvalue weighted by molar-refractivity contribution is 0.0990. The number of rotatable bonds is 6. The molecule has 0 unspecified atom stereocenters. The third-order valence-corrected chi connectivity index (χ3v) is 4.06. The molecule has 3 aromatic carbocycles. The van der Waals surface area contributed by atoms with Crippen LogP contribution in [0.3, 0.4) is 0 Å². The topological polar surface area (TPSA) is 86.5 Å². The molecule has 144 valence electrons. The molecular formula is C22H17N3O4. The van der Waals surface area contributed by atoms with Gasteiger partial charge < -0.3 is 19.2 Å². The van der Waals surface area contributed by atoms with Crippen molar-refractivity contribution in [2.24, 2.45) is 0 Å². The van der Waals surface area contributed by atoms with Crippen LogP contribution in [0, 0.1) is 0 Å². The predicted octanol–water partition coefficient (Wildman–Crippen LogP) is 4.79. The van der Waals surface area contributed by atoms with Crippen LogP contribution in [-0.4, -0.2) is 23.2 Å². The van der Waals surface area contributed by atoms with E-state index in [4.69, 9.17) is 13.9 Å². The van der Waals surface area contributed by atoms with Crippen molar-refractivity contribution in [1.29, 1.82) is 0 Å². The maximum atomic E-state index is 12.6. The van der Waals surface area contributed by atoms with Gasteiger partial charge in [-0.25, -0.2) is 0 Å². The first-order chi connectivity index (χ1) is 14.2. The summed E-state index contributed by atoms with van der Waals surface area (Å²) in [5.41, 5.74) is 1.18. The molecule has 1 aromatic heterocycles. The van der Waals surface area contributed by atoms with Gasteiger partial charge in [0.05, 0.1) is 12.8 Å². The van der Waals surface area contributed by atoms with Gasteiger partial charge in [-0.1, -0.05) is 30.3 Å². The van der Waals surface area contributed by atoms with Crippen molar-refractivity contribution in [3.8, 4) is 28.7 Å². The Kier molecular flexibility index (Phi) is 5.20. The van der Waals surface area contributed by atoms with E-state index in [-0.39, 0.29) is 11.8 Å². The summed E-state index contributed by atoms with van der Waals surface area (Å²) >= 11 is 0. The van der Waals surface area contributed by atoms with Crippen LogP contribution in [0.15, 0.2) is 83.3 Å². The smallest absolute Gasteiger partial charge is 0.313 e. The third-order valence-electron chi connectivity index (χ3n) is 4.06. The monoisotopic (exact) mass is 387 g/mol. The summed E-state index contributed by atoms with van der Waals surface area (Å²) in [6, 6.07) is 23.5. The zero-order valence-corrected chi connectivity index (χ0v) is 15.5. The second-order valence-corrected chi connectivity index (χ2v) is 6.01. The Bertz CT molecular complexity index is 1110. The maximum absolute atomic E-state index is 12.6. The lowest BCUT2D eigenvalue weighted by Gasteiger charge is -2.11.